The second kappa shape index (κ2) is 11.6. The van der Waals surface area contributed by atoms with Crippen LogP contribution in [0, 0.1) is 17.0 Å². The Balaban J connectivity index is 1.61. The highest BCUT2D eigenvalue weighted by Gasteiger charge is 2.54. The number of fused-ring (bicyclic) bond motifs is 3. The third-order valence-electron chi connectivity index (χ3n) is 9.32. The summed E-state index contributed by atoms with van der Waals surface area (Å²) in [7, 11) is 1.63. The van der Waals surface area contributed by atoms with Gasteiger partial charge >= 0.3 is 18.4 Å². The molecule has 0 spiro atoms. The van der Waals surface area contributed by atoms with Gasteiger partial charge in [-0.25, -0.2) is 17.6 Å². The number of nitrogen functional groups attached to an aromatic ring is 1. The SMILES string of the molecule is CN1CCC(F)(F)[C@](C)(COc2nc(N3C[C@H]4CC[C@@H](C3)N4)c3cc(C(F)(F)F)c(-c4c(F)c(N)cc(Cl)c4C(F)(F)F)c(F)c3n2)C1. The zero-order valence-electron chi connectivity index (χ0n) is 25.4. The lowest BCUT2D eigenvalue weighted by atomic mass is 9.79. The zero-order valence-corrected chi connectivity index (χ0v) is 26.2. The number of benzene rings is 2. The molecule has 3 saturated heterocycles. The van der Waals surface area contributed by atoms with E-state index in [9.17, 15) is 26.3 Å². The molecule has 0 amide bonds. The van der Waals surface area contributed by atoms with Gasteiger partial charge in [-0.15, -0.1) is 0 Å². The van der Waals surface area contributed by atoms with Gasteiger partial charge in [0.15, 0.2) is 11.6 Å². The molecule has 6 rings (SSSR count). The van der Waals surface area contributed by atoms with E-state index < -0.39 is 98.2 Å². The van der Waals surface area contributed by atoms with Crippen LogP contribution in [0.1, 0.15) is 37.3 Å². The molecular weight excluding hydrogens is 686 g/mol. The van der Waals surface area contributed by atoms with Crippen LogP contribution < -0.4 is 20.7 Å². The van der Waals surface area contributed by atoms with Crippen molar-refractivity contribution in [1.29, 1.82) is 0 Å². The fourth-order valence-electron chi connectivity index (χ4n) is 6.89. The third kappa shape index (κ3) is 5.95. The van der Waals surface area contributed by atoms with Gasteiger partial charge in [0.2, 0.25) is 0 Å². The minimum Gasteiger partial charge on any atom is -0.463 e. The molecule has 7 nitrogen and oxygen atoms in total. The smallest absolute Gasteiger partial charge is 0.418 e. The van der Waals surface area contributed by atoms with Crippen molar-refractivity contribution in [3.63, 3.8) is 0 Å². The molecule has 262 valence electrons. The van der Waals surface area contributed by atoms with Gasteiger partial charge in [-0.1, -0.05) is 11.6 Å². The van der Waals surface area contributed by atoms with Crippen molar-refractivity contribution in [3.05, 3.63) is 39.9 Å². The number of nitrogens with two attached hydrogens (primary N) is 1. The summed E-state index contributed by atoms with van der Waals surface area (Å²) in [6.07, 6.45) is -10.1. The summed E-state index contributed by atoms with van der Waals surface area (Å²) < 4.78 is 155. The summed E-state index contributed by atoms with van der Waals surface area (Å²) in [5.74, 6) is -7.46. The molecule has 18 heteroatoms. The highest BCUT2D eigenvalue weighted by atomic mass is 35.5. The Morgan fingerprint density at radius 1 is 1.00 bits per heavy atom. The molecule has 0 saturated carbocycles. The highest BCUT2D eigenvalue weighted by molar-refractivity contribution is 6.32. The van der Waals surface area contributed by atoms with Crippen molar-refractivity contribution in [3.8, 4) is 17.1 Å². The largest absolute Gasteiger partial charge is 0.463 e. The summed E-state index contributed by atoms with van der Waals surface area (Å²) >= 11 is 5.73. The second-order valence-corrected chi connectivity index (χ2v) is 13.3. The number of anilines is 2. The molecule has 48 heavy (non-hydrogen) atoms. The lowest BCUT2D eigenvalue weighted by Crippen LogP contribution is -2.55. The number of halogens is 11. The number of hydrogen-bond acceptors (Lipinski definition) is 7. The van der Waals surface area contributed by atoms with Gasteiger partial charge in [0.25, 0.3) is 5.92 Å². The monoisotopic (exact) mass is 714 g/mol. The number of hydrogen-bond donors (Lipinski definition) is 2. The quantitative estimate of drug-likeness (QED) is 0.215. The van der Waals surface area contributed by atoms with Crippen LogP contribution in [0.5, 0.6) is 6.01 Å². The average molecular weight is 715 g/mol. The Morgan fingerprint density at radius 2 is 1.65 bits per heavy atom. The topological polar surface area (TPSA) is 79.5 Å². The zero-order chi connectivity index (χ0) is 35.1. The van der Waals surface area contributed by atoms with Crippen LogP contribution in [-0.4, -0.2) is 72.7 Å². The lowest BCUT2D eigenvalue weighted by molar-refractivity contribution is -0.169. The average Bonchev–Trinajstić information content (AvgIpc) is 3.31. The van der Waals surface area contributed by atoms with E-state index in [1.807, 2.05) is 0 Å². The third-order valence-corrected chi connectivity index (χ3v) is 9.62. The molecule has 2 aromatic carbocycles. The van der Waals surface area contributed by atoms with Gasteiger partial charge in [-0.2, -0.15) is 36.3 Å². The van der Waals surface area contributed by atoms with Crippen LogP contribution in [0.15, 0.2) is 12.1 Å². The minimum absolute atomic E-state index is 0.102. The van der Waals surface area contributed by atoms with Crippen LogP contribution in [-0.2, 0) is 12.4 Å². The van der Waals surface area contributed by atoms with Crippen LogP contribution in [0.4, 0.5) is 55.4 Å². The normalized spacial score (nSPS) is 24.8. The molecule has 0 radical (unpaired) electrons. The Labute approximate surface area is 272 Å². The maximum Gasteiger partial charge on any atom is 0.418 e. The Kier molecular flexibility index (Phi) is 8.38. The summed E-state index contributed by atoms with van der Waals surface area (Å²) in [5, 5.41) is 1.50. The summed E-state index contributed by atoms with van der Waals surface area (Å²) in [5.41, 5.74) is -6.08. The number of piperidine rings is 1. The fourth-order valence-corrected chi connectivity index (χ4v) is 7.21. The number of nitrogens with one attached hydrogen (secondary N) is 1. The number of aromatic nitrogens is 2. The molecule has 3 aliphatic heterocycles. The van der Waals surface area contributed by atoms with Crippen LogP contribution in [0.3, 0.4) is 0 Å². The number of nitrogens with zero attached hydrogens (tertiary/aromatic N) is 4. The van der Waals surface area contributed by atoms with Crippen LogP contribution in [0.25, 0.3) is 22.0 Å². The Bertz CT molecular complexity index is 1760. The van der Waals surface area contributed by atoms with Crippen molar-refractivity contribution in [2.75, 3.05) is 50.5 Å². The highest BCUT2D eigenvalue weighted by Crippen LogP contribution is 2.51. The van der Waals surface area contributed by atoms with Gasteiger partial charge < -0.3 is 25.6 Å². The van der Waals surface area contributed by atoms with E-state index in [4.69, 9.17) is 22.1 Å². The van der Waals surface area contributed by atoms with E-state index in [-0.39, 0.29) is 44.1 Å². The van der Waals surface area contributed by atoms with Gasteiger partial charge in [0.1, 0.15) is 17.9 Å². The number of likely N-dealkylation sites (tertiary alicyclic amines) is 1. The summed E-state index contributed by atoms with van der Waals surface area (Å²) in [6, 6.07) is -0.228. The molecule has 3 aliphatic rings. The van der Waals surface area contributed by atoms with Crippen LogP contribution in [0.2, 0.25) is 5.02 Å². The minimum atomic E-state index is -5.55. The molecule has 3 atom stereocenters. The number of ether oxygens (including phenoxy) is 1. The maximum atomic E-state index is 16.7. The molecule has 3 fully saturated rings. The Morgan fingerprint density at radius 3 is 2.25 bits per heavy atom. The number of alkyl halides is 8. The van der Waals surface area contributed by atoms with Crippen molar-refractivity contribution >= 4 is 34.0 Å². The molecule has 2 bridgehead atoms. The molecule has 4 heterocycles. The van der Waals surface area contributed by atoms with Gasteiger partial charge in [-0.05, 0) is 38.9 Å². The second-order valence-electron chi connectivity index (χ2n) is 12.9. The number of piperazine rings is 1. The molecule has 0 aliphatic carbocycles. The molecular formula is C30H29ClF10N6O. The van der Waals surface area contributed by atoms with E-state index in [0.29, 0.717) is 12.1 Å². The van der Waals surface area contributed by atoms with Crippen molar-refractivity contribution in [2.45, 2.75) is 56.5 Å². The van der Waals surface area contributed by atoms with Crippen molar-refractivity contribution < 1.29 is 48.6 Å². The number of rotatable bonds is 5. The maximum absolute atomic E-state index is 16.7. The molecule has 3 aromatic rings. The van der Waals surface area contributed by atoms with E-state index in [2.05, 4.69) is 15.3 Å². The first kappa shape index (κ1) is 34.5. The van der Waals surface area contributed by atoms with Gasteiger partial charge in [0, 0.05) is 61.2 Å². The fraction of sp³-hybridized carbons (Fsp3) is 0.533. The van der Waals surface area contributed by atoms with E-state index in [1.54, 1.807) is 16.8 Å². The summed E-state index contributed by atoms with van der Waals surface area (Å²) in [4.78, 5) is 11.4. The van der Waals surface area contributed by atoms with E-state index in [0.717, 1.165) is 12.8 Å². The first-order valence-electron chi connectivity index (χ1n) is 14.9. The Hall–Kier alpha value is -3.31. The molecule has 1 aromatic heterocycles. The lowest BCUT2D eigenvalue weighted by Gasteiger charge is -2.44. The first-order chi connectivity index (χ1) is 22.2. The molecule has 3 N–H and O–H groups in total. The van der Waals surface area contributed by atoms with Gasteiger partial charge in [0.05, 0.1) is 27.3 Å². The van der Waals surface area contributed by atoms with E-state index in [1.165, 1.54) is 6.92 Å². The summed E-state index contributed by atoms with van der Waals surface area (Å²) in [6.45, 7) is 0.943. The first-order valence-corrected chi connectivity index (χ1v) is 15.2. The van der Waals surface area contributed by atoms with Crippen molar-refractivity contribution in [2.24, 2.45) is 5.41 Å². The molecule has 0 unspecified atom stereocenters. The predicted octanol–water partition coefficient (Wildman–Crippen LogP) is 7.14. The van der Waals surface area contributed by atoms with Gasteiger partial charge in [-0.3, -0.25) is 0 Å². The van der Waals surface area contributed by atoms with Crippen molar-refractivity contribution in [1.82, 2.24) is 20.2 Å². The van der Waals surface area contributed by atoms with Crippen LogP contribution >= 0.6 is 11.6 Å². The predicted molar refractivity (Wildman–Crippen MR) is 157 cm³/mol. The standard InChI is InChI=1S/C30H29ClF10N6O/c1-27(11-46(2)6-5-28(27,34)35)12-48-26-44-24-15(25(45-26)47-9-13-3-4-14(10-47)43-13)7-16(29(36,37)38)19(23(24)33)20-21(30(39,40)41)17(31)8-18(42)22(20)32/h7-8,13-14,43H,3-6,9-12,42H2,1-2H3/t13-,14+,27-/m0/s1. The van der Waals surface area contributed by atoms with E-state index >= 15 is 17.6 Å².